The summed E-state index contributed by atoms with van der Waals surface area (Å²) in [6, 6.07) is 14.7. The van der Waals surface area contributed by atoms with E-state index in [-0.39, 0.29) is 18.6 Å². The molecule has 0 radical (unpaired) electrons. The summed E-state index contributed by atoms with van der Waals surface area (Å²) < 4.78 is 11.2. The topological polar surface area (TPSA) is 50.8 Å². The van der Waals surface area contributed by atoms with Crippen molar-refractivity contribution in [3.8, 4) is 11.5 Å². The van der Waals surface area contributed by atoms with Crippen LogP contribution in [0.4, 0.5) is 0 Å². The van der Waals surface area contributed by atoms with E-state index in [1.54, 1.807) is 12.1 Å². The van der Waals surface area contributed by atoms with Crippen LogP contribution in [0.3, 0.4) is 0 Å². The minimum absolute atomic E-state index is 0.0289. The third kappa shape index (κ3) is 6.59. The maximum atomic E-state index is 12.1. The Morgan fingerprint density at radius 1 is 1.04 bits per heavy atom. The molecule has 0 unspecified atom stereocenters. The average molecular weight is 423 g/mol. The molecule has 0 saturated carbocycles. The molecule has 0 spiro atoms. The summed E-state index contributed by atoms with van der Waals surface area (Å²) in [5.74, 6) is 1.23. The Hall–Kier alpha value is -1.95. The molecule has 2 aromatic rings. The lowest BCUT2D eigenvalue weighted by molar-refractivity contribution is -0.124. The van der Waals surface area contributed by atoms with Gasteiger partial charge in [-0.3, -0.25) is 9.69 Å². The first kappa shape index (κ1) is 20.8. The van der Waals surface area contributed by atoms with E-state index in [0.717, 1.165) is 38.2 Å². The number of ether oxygens (including phenoxy) is 2. The number of rotatable bonds is 8. The third-order valence-electron chi connectivity index (χ3n) is 4.64. The highest BCUT2D eigenvalue weighted by Gasteiger charge is 2.20. The number of para-hydroxylation sites is 1. The van der Waals surface area contributed by atoms with Gasteiger partial charge in [0.25, 0.3) is 5.91 Å². The second-order valence-electron chi connectivity index (χ2n) is 6.70. The molecule has 0 atom stereocenters. The maximum absolute atomic E-state index is 12.1. The standard InChI is InChI=1S/C21H24Cl2N2O3/c22-16-5-7-18(8-6-16)27-14-13-25-11-9-17(10-12-25)24-21(26)15-28-20-4-2-1-3-19(20)23/h1-8,17H,9-15H2,(H,24,26). The second kappa shape index (κ2) is 10.6. The Morgan fingerprint density at radius 2 is 1.75 bits per heavy atom. The van der Waals surface area contributed by atoms with Crippen molar-refractivity contribution in [2.45, 2.75) is 18.9 Å². The molecule has 1 amide bonds. The van der Waals surface area contributed by atoms with Gasteiger partial charge < -0.3 is 14.8 Å². The Labute approximate surface area is 175 Å². The first-order valence-electron chi connectivity index (χ1n) is 9.37. The molecule has 0 aromatic heterocycles. The molecule has 7 heteroatoms. The van der Waals surface area contributed by atoms with E-state index in [9.17, 15) is 4.79 Å². The lowest BCUT2D eigenvalue weighted by Gasteiger charge is -2.32. The fraction of sp³-hybridized carbons (Fsp3) is 0.381. The number of nitrogens with one attached hydrogen (secondary N) is 1. The minimum Gasteiger partial charge on any atom is -0.492 e. The highest BCUT2D eigenvalue weighted by Crippen LogP contribution is 2.23. The first-order valence-corrected chi connectivity index (χ1v) is 10.1. The Morgan fingerprint density at radius 3 is 2.46 bits per heavy atom. The number of carbonyl (C=O) groups excluding carboxylic acids is 1. The molecule has 28 heavy (non-hydrogen) atoms. The molecular weight excluding hydrogens is 399 g/mol. The number of piperidine rings is 1. The maximum Gasteiger partial charge on any atom is 0.258 e. The van der Waals surface area contributed by atoms with Gasteiger partial charge in [-0.2, -0.15) is 0 Å². The largest absolute Gasteiger partial charge is 0.492 e. The number of likely N-dealkylation sites (tertiary alicyclic amines) is 1. The predicted molar refractivity (Wildman–Crippen MR) is 111 cm³/mol. The normalized spacial score (nSPS) is 15.2. The SMILES string of the molecule is O=C(COc1ccccc1Cl)NC1CCN(CCOc2ccc(Cl)cc2)CC1. The fourth-order valence-corrected chi connectivity index (χ4v) is 3.42. The van der Waals surface area contributed by atoms with E-state index in [0.29, 0.717) is 22.4 Å². The minimum atomic E-state index is -0.121. The van der Waals surface area contributed by atoms with Gasteiger partial charge in [-0.15, -0.1) is 0 Å². The number of hydrogen-bond donors (Lipinski definition) is 1. The zero-order valence-electron chi connectivity index (χ0n) is 15.6. The Bertz CT molecular complexity index is 763. The van der Waals surface area contributed by atoms with Crippen LogP contribution in [0.15, 0.2) is 48.5 Å². The van der Waals surface area contributed by atoms with Crippen LogP contribution in [0, 0.1) is 0 Å². The van der Waals surface area contributed by atoms with Crippen molar-refractivity contribution < 1.29 is 14.3 Å². The molecule has 1 aliphatic heterocycles. The van der Waals surface area contributed by atoms with Crippen molar-refractivity contribution >= 4 is 29.1 Å². The van der Waals surface area contributed by atoms with E-state index in [2.05, 4.69) is 10.2 Å². The van der Waals surface area contributed by atoms with Gasteiger partial charge in [0.05, 0.1) is 5.02 Å². The van der Waals surface area contributed by atoms with E-state index in [1.807, 2.05) is 36.4 Å². The van der Waals surface area contributed by atoms with Gasteiger partial charge in [0.15, 0.2) is 6.61 Å². The number of benzene rings is 2. The molecule has 5 nitrogen and oxygen atoms in total. The zero-order chi connectivity index (χ0) is 19.8. The van der Waals surface area contributed by atoms with Crippen molar-refractivity contribution in [3.63, 3.8) is 0 Å². The molecule has 1 aliphatic rings. The van der Waals surface area contributed by atoms with E-state index >= 15 is 0 Å². The number of hydrogen-bond acceptors (Lipinski definition) is 4. The van der Waals surface area contributed by atoms with Gasteiger partial charge in [-0.05, 0) is 49.2 Å². The monoisotopic (exact) mass is 422 g/mol. The van der Waals surface area contributed by atoms with Crippen molar-refractivity contribution in [1.82, 2.24) is 10.2 Å². The molecule has 150 valence electrons. The Kier molecular flexibility index (Phi) is 7.83. The average Bonchev–Trinajstić information content (AvgIpc) is 2.70. The second-order valence-corrected chi connectivity index (χ2v) is 7.55. The van der Waals surface area contributed by atoms with E-state index < -0.39 is 0 Å². The molecule has 1 saturated heterocycles. The molecule has 0 bridgehead atoms. The fourth-order valence-electron chi connectivity index (χ4n) is 3.10. The van der Waals surface area contributed by atoms with Crippen LogP contribution in [0.25, 0.3) is 0 Å². The summed E-state index contributed by atoms with van der Waals surface area (Å²) in [5.41, 5.74) is 0. The number of nitrogens with zero attached hydrogens (tertiary/aromatic N) is 1. The van der Waals surface area contributed by atoms with Crippen molar-refractivity contribution in [1.29, 1.82) is 0 Å². The predicted octanol–water partition coefficient (Wildman–Crippen LogP) is 4.03. The lowest BCUT2D eigenvalue weighted by Crippen LogP contribution is -2.46. The van der Waals surface area contributed by atoms with E-state index in [4.69, 9.17) is 32.7 Å². The lowest BCUT2D eigenvalue weighted by atomic mass is 10.1. The van der Waals surface area contributed by atoms with Crippen molar-refractivity contribution in [3.05, 3.63) is 58.6 Å². The summed E-state index contributed by atoms with van der Waals surface area (Å²) in [7, 11) is 0. The molecule has 1 N–H and O–H groups in total. The van der Waals surface area contributed by atoms with Gasteiger partial charge in [0.1, 0.15) is 18.1 Å². The summed E-state index contributed by atoms with van der Waals surface area (Å²) in [6.45, 7) is 3.32. The van der Waals surface area contributed by atoms with Crippen LogP contribution >= 0.6 is 23.2 Å². The molecule has 3 rings (SSSR count). The van der Waals surface area contributed by atoms with Gasteiger partial charge in [0.2, 0.25) is 0 Å². The van der Waals surface area contributed by atoms with Gasteiger partial charge in [-0.1, -0.05) is 35.3 Å². The van der Waals surface area contributed by atoms with Gasteiger partial charge in [0, 0.05) is 30.7 Å². The Balaban J connectivity index is 1.31. The highest BCUT2D eigenvalue weighted by molar-refractivity contribution is 6.32. The van der Waals surface area contributed by atoms with Crippen LogP contribution in [0.5, 0.6) is 11.5 Å². The zero-order valence-corrected chi connectivity index (χ0v) is 17.1. The summed E-state index contributed by atoms with van der Waals surface area (Å²) in [6.07, 6.45) is 1.83. The number of amides is 1. The summed E-state index contributed by atoms with van der Waals surface area (Å²) >= 11 is 11.9. The molecule has 1 fully saturated rings. The van der Waals surface area contributed by atoms with Crippen molar-refractivity contribution in [2.75, 3.05) is 32.8 Å². The molecule has 1 heterocycles. The van der Waals surface area contributed by atoms with Crippen LogP contribution in [0.2, 0.25) is 10.0 Å². The number of halogens is 2. The van der Waals surface area contributed by atoms with Crippen LogP contribution in [-0.4, -0.2) is 49.7 Å². The van der Waals surface area contributed by atoms with Gasteiger partial charge >= 0.3 is 0 Å². The summed E-state index contributed by atoms with van der Waals surface area (Å²) in [4.78, 5) is 14.5. The smallest absolute Gasteiger partial charge is 0.258 e. The van der Waals surface area contributed by atoms with Crippen LogP contribution in [0.1, 0.15) is 12.8 Å². The molecular formula is C21H24Cl2N2O3. The van der Waals surface area contributed by atoms with Crippen LogP contribution < -0.4 is 14.8 Å². The van der Waals surface area contributed by atoms with Crippen LogP contribution in [-0.2, 0) is 4.79 Å². The quantitative estimate of drug-likeness (QED) is 0.697. The summed E-state index contributed by atoms with van der Waals surface area (Å²) in [5, 5.41) is 4.25. The molecule has 2 aromatic carbocycles. The van der Waals surface area contributed by atoms with E-state index in [1.165, 1.54) is 0 Å². The highest BCUT2D eigenvalue weighted by atomic mass is 35.5. The third-order valence-corrected chi connectivity index (χ3v) is 5.20. The molecule has 0 aliphatic carbocycles. The van der Waals surface area contributed by atoms with Gasteiger partial charge in [-0.25, -0.2) is 0 Å². The first-order chi connectivity index (χ1) is 13.6. The van der Waals surface area contributed by atoms with Crippen molar-refractivity contribution in [2.24, 2.45) is 0 Å². The number of carbonyl (C=O) groups is 1.